The van der Waals surface area contributed by atoms with Gasteiger partial charge in [-0.15, -0.1) is 0 Å². The summed E-state index contributed by atoms with van der Waals surface area (Å²) < 4.78 is 0. The second-order valence-electron chi connectivity index (χ2n) is 4.88. The van der Waals surface area contributed by atoms with Crippen LogP contribution in [0, 0.1) is 0 Å². The van der Waals surface area contributed by atoms with Crippen LogP contribution in [-0.2, 0) is 0 Å². The Bertz CT molecular complexity index is 687. The van der Waals surface area contributed by atoms with Crippen molar-refractivity contribution >= 4 is 17.0 Å². The van der Waals surface area contributed by atoms with Crippen LogP contribution in [0.5, 0.6) is 0 Å². The summed E-state index contributed by atoms with van der Waals surface area (Å²) in [5.41, 5.74) is 5.56. The average molecular weight is 235 g/mol. The summed E-state index contributed by atoms with van der Waals surface area (Å²) in [7, 11) is 2.09. The Morgan fingerprint density at radius 2 is 1.61 bits per heavy atom. The Labute approximate surface area is 106 Å². The highest BCUT2D eigenvalue weighted by atomic mass is 16.3. The molecule has 1 unspecified atom stereocenters. The van der Waals surface area contributed by atoms with Crippen molar-refractivity contribution in [3.63, 3.8) is 0 Å². The number of anilines is 1. The van der Waals surface area contributed by atoms with Crippen molar-refractivity contribution in [2.45, 2.75) is 6.04 Å². The van der Waals surface area contributed by atoms with E-state index >= 15 is 0 Å². The van der Waals surface area contributed by atoms with Gasteiger partial charge in [-0.25, -0.2) is 0 Å². The third kappa shape index (κ3) is 0.986. The highest BCUT2D eigenvalue weighted by Gasteiger charge is 2.41. The van der Waals surface area contributed by atoms with E-state index in [0.29, 0.717) is 5.76 Å². The van der Waals surface area contributed by atoms with Crippen molar-refractivity contribution in [1.29, 1.82) is 0 Å². The quantitative estimate of drug-likeness (QED) is 0.754. The fraction of sp³-hybridized carbons (Fsp3) is 0.125. The Morgan fingerprint density at radius 3 is 2.44 bits per heavy atom. The molecule has 0 saturated carbocycles. The van der Waals surface area contributed by atoms with Gasteiger partial charge in [-0.05, 0) is 11.6 Å². The predicted octanol–water partition coefficient (Wildman–Crippen LogP) is 3.62. The first-order chi connectivity index (χ1) is 8.79. The maximum atomic E-state index is 10.5. The molecule has 2 aliphatic rings. The molecule has 1 heterocycles. The van der Waals surface area contributed by atoms with Crippen LogP contribution in [0.4, 0.5) is 5.69 Å². The Kier molecular flexibility index (Phi) is 1.72. The zero-order valence-corrected chi connectivity index (χ0v) is 10.1. The minimum absolute atomic E-state index is 0.165. The van der Waals surface area contributed by atoms with E-state index in [1.807, 2.05) is 30.3 Å². The van der Waals surface area contributed by atoms with Gasteiger partial charge in [0, 0.05) is 29.4 Å². The molecule has 1 aliphatic heterocycles. The molecule has 2 aromatic carbocycles. The van der Waals surface area contributed by atoms with Crippen LogP contribution >= 0.6 is 0 Å². The number of benzene rings is 2. The Hall–Kier alpha value is -2.22. The number of para-hydroxylation sites is 1. The van der Waals surface area contributed by atoms with Crippen molar-refractivity contribution in [2.24, 2.45) is 0 Å². The number of aliphatic hydroxyl groups excluding tert-OH is 1. The summed E-state index contributed by atoms with van der Waals surface area (Å²) in [6, 6.07) is 16.5. The highest BCUT2D eigenvalue weighted by Crippen LogP contribution is 2.55. The molecule has 88 valence electrons. The molecule has 1 aliphatic carbocycles. The molecule has 0 aromatic heterocycles. The van der Waals surface area contributed by atoms with Crippen molar-refractivity contribution in [1.82, 2.24) is 0 Å². The lowest BCUT2D eigenvalue weighted by atomic mass is 10.0. The number of fused-ring (bicyclic) bond motifs is 5. The predicted molar refractivity (Wildman–Crippen MR) is 73.5 cm³/mol. The standard InChI is InChI=1S/C16H13NO/c1-17-13-9-5-4-8-12(13)14-15(17)10-6-2-3-7-11(10)16(14)18/h2-9,15,18H,1H3. The first-order valence-electron chi connectivity index (χ1n) is 6.13. The molecule has 0 saturated heterocycles. The Balaban J connectivity index is 2.06. The van der Waals surface area contributed by atoms with Crippen LogP contribution in [0.2, 0.25) is 0 Å². The van der Waals surface area contributed by atoms with Crippen LogP contribution in [-0.4, -0.2) is 12.2 Å². The third-order valence-electron chi connectivity index (χ3n) is 4.00. The summed E-state index contributed by atoms with van der Waals surface area (Å²) in [6.45, 7) is 0. The van der Waals surface area contributed by atoms with E-state index in [0.717, 1.165) is 16.7 Å². The zero-order valence-electron chi connectivity index (χ0n) is 10.1. The molecular weight excluding hydrogens is 222 g/mol. The normalized spacial score (nSPS) is 19.8. The SMILES string of the molecule is CN1c2ccccc2C2=C(O)c3ccccc3C21. The molecule has 0 fully saturated rings. The average Bonchev–Trinajstić information content (AvgIpc) is 2.87. The zero-order chi connectivity index (χ0) is 12.3. The van der Waals surface area contributed by atoms with Crippen molar-refractivity contribution < 1.29 is 5.11 Å². The van der Waals surface area contributed by atoms with Crippen LogP contribution < -0.4 is 4.90 Å². The summed E-state index contributed by atoms with van der Waals surface area (Å²) in [5, 5.41) is 10.5. The maximum Gasteiger partial charge on any atom is 0.129 e. The summed E-state index contributed by atoms with van der Waals surface area (Å²) in [4.78, 5) is 2.24. The number of nitrogens with zero attached hydrogens (tertiary/aromatic N) is 1. The van der Waals surface area contributed by atoms with Crippen LogP contribution in [0.3, 0.4) is 0 Å². The summed E-state index contributed by atoms with van der Waals surface area (Å²) in [6.07, 6.45) is 0. The lowest BCUT2D eigenvalue weighted by molar-refractivity contribution is 0.515. The third-order valence-corrected chi connectivity index (χ3v) is 4.00. The molecule has 0 spiro atoms. The topological polar surface area (TPSA) is 23.5 Å². The first kappa shape index (κ1) is 9.77. The second kappa shape index (κ2) is 3.16. The van der Waals surface area contributed by atoms with Crippen molar-refractivity contribution in [3.05, 3.63) is 65.2 Å². The smallest absolute Gasteiger partial charge is 0.129 e. The molecule has 2 aromatic rings. The van der Waals surface area contributed by atoms with Gasteiger partial charge in [0.25, 0.3) is 0 Å². The molecule has 0 amide bonds. The van der Waals surface area contributed by atoms with Gasteiger partial charge < -0.3 is 10.0 Å². The van der Waals surface area contributed by atoms with Crippen molar-refractivity contribution in [2.75, 3.05) is 11.9 Å². The van der Waals surface area contributed by atoms with Gasteiger partial charge in [0.1, 0.15) is 5.76 Å². The molecule has 0 radical (unpaired) electrons. The van der Waals surface area contributed by atoms with Crippen molar-refractivity contribution in [3.8, 4) is 0 Å². The molecule has 18 heavy (non-hydrogen) atoms. The van der Waals surface area contributed by atoms with E-state index in [9.17, 15) is 5.11 Å². The Morgan fingerprint density at radius 1 is 0.944 bits per heavy atom. The highest BCUT2D eigenvalue weighted by molar-refractivity contribution is 6.03. The lowest BCUT2D eigenvalue weighted by Crippen LogP contribution is -2.17. The first-order valence-corrected chi connectivity index (χ1v) is 6.13. The number of aliphatic hydroxyl groups is 1. The minimum atomic E-state index is 0.165. The van der Waals surface area contributed by atoms with E-state index in [1.165, 1.54) is 11.3 Å². The fourth-order valence-corrected chi connectivity index (χ4v) is 3.21. The molecule has 0 bridgehead atoms. The van der Waals surface area contributed by atoms with E-state index in [-0.39, 0.29) is 6.04 Å². The molecule has 2 heteroatoms. The monoisotopic (exact) mass is 235 g/mol. The summed E-state index contributed by atoms with van der Waals surface area (Å²) >= 11 is 0. The second-order valence-corrected chi connectivity index (χ2v) is 4.88. The number of hydrogen-bond acceptors (Lipinski definition) is 2. The molecular formula is C16H13NO. The lowest BCUT2D eigenvalue weighted by Gasteiger charge is -2.21. The number of hydrogen-bond donors (Lipinski definition) is 1. The molecule has 1 atom stereocenters. The van der Waals surface area contributed by atoms with Gasteiger partial charge in [-0.2, -0.15) is 0 Å². The minimum Gasteiger partial charge on any atom is -0.507 e. The van der Waals surface area contributed by atoms with Gasteiger partial charge in [0.2, 0.25) is 0 Å². The van der Waals surface area contributed by atoms with Gasteiger partial charge in [0.05, 0.1) is 6.04 Å². The van der Waals surface area contributed by atoms with E-state index in [1.54, 1.807) is 0 Å². The largest absolute Gasteiger partial charge is 0.507 e. The number of rotatable bonds is 0. The van der Waals surface area contributed by atoms with Crippen LogP contribution in [0.1, 0.15) is 22.7 Å². The van der Waals surface area contributed by atoms with Crippen LogP contribution in [0.15, 0.2) is 48.5 Å². The number of likely N-dealkylation sites (N-methyl/N-ethyl adjacent to an activating group) is 1. The van der Waals surface area contributed by atoms with E-state index in [4.69, 9.17) is 0 Å². The summed E-state index contributed by atoms with van der Waals surface area (Å²) in [5.74, 6) is 0.437. The van der Waals surface area contributed by atoms with E-state index < -0.39 is 0 Å². The molecule has 1 N–H and O–H groups in total. The van der Waals surface area contributed by atoms with Crippen LogP contribution in [0.25, 0.3) is 11.3 Å². The van der Waals surface area contributed by atoms with Gasteiger partial charge >= 0.3 is 0 Å². The molecule has 4 rings (SSSR count). The molecule has 2 nitrogen and oxygen atoms in total. The van der Waals surface area contributed by atoms with E-state index in [2.05, 4.69) is 30.1 Å². The fourth-order valence-electron chi connectivity index (χ4n) is 3.21. The maximum absolute atomic E-state index is 10.5. The van der Waals surface area contributed by atoms with Gasteiger partial charge in [0.15, 0.2) is 0 Å². The van der Waals surface area contributed by atoms with Gasteiger partial charge in [-0.3, -0.25) is 0 Å². The van der Waals surface area contributed by atoms with Gasteiger partial charge in [-0.1, -0.05) is 42.5 Å².